The average Bonchev–Trinajstić information content (AvgIpc) is 2.37. The number of carboxylic acid groups (broad SMARTS) is 1. The molecule has 0 aliphatic rings. The third-order valence-electron chi connectivity index (χ3n) is 2.49. The van der Waals surface area contributed by atoms with Crippen molar-refractivity contribution >= 4 is 39.2 Å². The van der Waals surface area contributed by atoms with Gasteiger partial charge in [-0.05, 0) is 19.1 Å². The first-order valence-corrected chi connectivity index (χ1v) is 7.67. The van der Waals surface area contributed by atoms with Crippen LogP contribution in [0.15, 0.2) is 17.0 Å². The van der Waals surface area contributed by atoms with E-state index in [-0.39, 0.29) is 33.2 Å². The van der Waals surface area contributed by atoms with E-state index in [9.17, 15) is 13.2 Å². The molecule has 0 aromatic heterocycles. The van der Waals surface area contributed by atoms with E-state index in [1.165, 1.54) is 7.11 Å². The molecule has 0 amide bonds. The lowest BCUT2D eigenvalue weighted by molar-refractivity contribution is 0.0697. The lowest BCUT2D eigenvalue weighted by Crippen LogP contribution is -2.32. The number of nitrogens with one attached hydrogen (secondary N) is 1. The minimum Gasteiger partial charge on any atom is -0.478 e. The van der Waals surface area contributed by atoms with Crippen molar-refractivity contribution in [3.05, 3.63) is 27.7 Å². The maximum Gasteiger partial charge on any atom is 0.337 e. The first-order chi connectivity index (χ1) is 9.19. The molecule has 1 atom stereocenters. The SMILES string of the molecule is COC(C)CNS(=O)(=O)c1cc(Cl)cc(C(=O)O)c1Cl. The molecule has 0 radical (unpaired) electrons. The minimum absolute atomic E-state index is 0.0179. The topological polar surface area (TPSA) is 92.7 Å². The molecule has 2 N–H and O–H groups in total. The van der Waals surface area contributed by atoms with Crippen molar-refractivity contribution in [2.45, 2.75) is 17.9 Å². The zero-order valence-corrected chi connectivity index (χ0v) is 13.0. The number of methoxy groups -OCH3 is 1. The molecule has 0 saturated heterocycles. The molecule has 20 heavy (non-hydrogen) atoms. The minimum atomic E-state index is -3.98. The zero-order chi connectivity index (χ0) is 15.5. The van der Waals surface area contributed by atoms with Gasteiger partial charge in [0.2, 0.25) is 10.0 Å². The summed E-state index contributed by atoms with van der Waals surface area (Å²) >= 11 is 11.5. The summed E-state index contributed by atoms with van der Waals surface area (Å²) in [6.45, 7) is 1.69. The molecule has 112 valence electrons. The zero-order valence-electron chi connectivity index (χ0n) is 10.7. The lowest BCUT2D eigenvalue weighted by Gasteiger charge is -2.13. The Morgan fingerprint density at radius 3 is 2.55 bits per heavy atom. The van der Waals surface area contributed by atoms with Gasteiger partial charge in [-0.1, -0.05) is 23.2 Å². The van der Waals surface area contributed by atoms with Crippen LogP contribution in [0.3, 0.4) is 0 Å². The standard InChI is InChI=1S/C11H13Cl2NO5S/c1-6(19-2)5-14-20(17,18)9-4-7(12)3-8(10(9)13)11(15)16/h3-4,6,14H,5H2,1-2H3,(H,15,16). The molecule has 0 spiro atoms. The van der Waals surface area contributed by atoms with Crippen LogP contribution in [0.25, 0.3) is 0 Å². The second-order valence-electron chi connectivity index (χ2n) is 3.97. The fraction of sp³-hybridized carbons (Fsp3) is 0.364. The highest BCUT2D eigenvalue weighted by Crippen LogP contribution is 2.29. The molecule has 0 heterocycles. The van der Waals surface area contributed by atoms with Crippen LogP contribution in [-0.4, -0.2) is 39.3 Å². The number of carboxylic acids is 1. The van der Waals surface area contributed by atoms with Gasteiger partial charge in [0.15, 0.2) is 0 Å². The highest BCUT2D eigenvalue weighted by atomic mass is 35.5. The van der Waals surface area contributed by atoms with Crippen LogP contribution in [0.5, 0.6) is 0 Å². The average molecular weight is 342 g/mol. The highest BCUT2D eigenvalue weighted by Gasteiger charge is 2.24. The normalized spacial score (nSPS) is 13.2. The van der Waals surface area contributed by atoms with Crippen LogP contribution in [0.1, 0.15) is 17.3 Å². The van der Waals surface area contributed by atoms with Crippen molar-refractivity contribution in [2.75, 3.05) is 13.7 Å². The van der Waals surface area contributed by atoms with Crippen molar-refractivity contribution in [3.63, 3.8) is 0 Å². The second-order valence-corrected chi connectivity index (χ2v) is 6.52. The summed E-state index contributed by atoms with van der Waals surface area (Å²) in [5.74, 6) is -1.36. The van der Waals surface area contributed by atoms with E-state index < -0.39 is 16.0 Å². The summed E-state index contributed by atoms with van der Waals surface area (Å²) in [5, 5.41) is 8.53. The van der Waals surface area contributed by atoms with Crippen LogP contribution in [0, 0.1) is 0 Å². The molecule has 9 heteroatoms. The second kappa shape index (κ2) is 6.73. The van der Waals surface area contributed by atoms with Crippen molar-refractivity contribution in [1.29, 1.82) is 0 Å². The van der Waals surface area contributed by atoms with E-state index in [1.54, 1.807) is 6.92 Å². The number of halogens is 2. The molecule has 6 nitrogen and oxygen atoms in total. The molecule has 1 aromatic carbocycles. The Hall–Kier alpha value is -0.860. The summed E-state index contributed by atoms with van der Waals surface area (Å²) in [6, 6.07) is 2.18. The van der Waals surface area contributed by atoms with Gasteiger partial charge < -0.3 is 9.84 Å². The molecule has 1 aromatic rings. The monoisotopic (exact) mass is 341 g/mol. The van der Waals surface area contributed by atoms with Crippen molar-refractivity contribution in [2.24, 2.45) is 0 Å². The first-order valence-electron chi connectivity index (χ1n) is 5.44. The number of benzene rings is 1. The number of sulfonamides is 1. The van der Waals surface area contributed by atoms with Gasteiger partial charge in [0, 0.05) is 18.7 Å². The maximum atomic E-state index is 12.1. The summed E-state index contributed by atoms with van der Waals surface area (Å²) in [4.78, 5) is 10.6. The van der Waals surface area contributed by atoms with Crippen LogP contribution in [-0.2, 0) is 14.8 Å². The molecule has 1 unspecified atom stereocenters. The van der Waals surface area contributed by atoms with Crippen LogP contribution < -0.4 is 4.72 Å². The van der Waals surface area contributed by atoms with E-state index in [0.29, 0.717) is 0 Å². The van der Waals surface area contributed by atoms with E-state index in [4.69, 9.17) is 33.0 Å². The number of hydrogen-bond acceptors (Lipinski definition) is 4. The summed E-state index contributed by atoms with van der Waals surface area (Å²) < 4.78 is 31.4. The number of hydrogen-bond donors (Lipinski definition) is 2. The van der Waals surface area contributed by atoms with Gasteiger partial charge in [-0.3, -0.25) is 0 Å². The summed E-state index contributed by atoms with van der Waals surface area (Å²) in [6.07, 6.45) is -0.346. The number of ether oxygens (including phenoxy) is 1. The highest BCUT2D eigenvalue weighted by molar-refractivity contribution is 7.89. The Bertz CT molecular complexity index is 617. The van der Waals surface area contributed by atoms with Gasteiger partial charge in [-0.2, -0.15) is 0 Å². The number of aromatic carboxylic acids is 1. The Morgan fingerprint density at radius 2 is 2.05 bits per heavy atom. The molecule has 0 aliphatic heterocycles. The Kier molecular flexibility index (Phi) is 5.79. The molecular weight excluding hydrogens is 329 g/mol. The van der Waals surface area contributed by atoms with Gasteiger partial charge in [0.25, 0.3) is 0 Å². The van der Waals surface area contributed by atoms with Gasteiger partial charge in [-0.25, -0.2) is 17.9 Å². The largest absolute Gasteiger partial charge is 0.478 e. The third-order valence-corrected chi connectivity index (χ3v) is 4.67. The lowest BCUT2D eigenvalue weighted by atomic mass is 10.2. The summed E-state index contributed by atoms with van der Waals surface area (Å²) in [7, 11) is -2.55. The maximum absolute atomic E-state index is 12.1. The number of carbonyl (C=O) groups is 1. The van der Waals surface area contributed by atoms with E-state index in [0.717, 1.165) is 12.1 Å². The predicted octanol–water partition coefficient (Wildman–Crippen LogP) is 2.00. The summed E-state index contributed by atoms with van der Waals surface area (Å²) in [5.41, 5.74) is -0.376. The molecule has 0 aliphatic carbocycles. The van der Waals surface area contributed by atoms with Crippen molar-refractivity contribution < 1.29 is 23.1 Å². The van der Waals surface area contributed by atoms with Crippen molar-refractivity contribution in [1.82, 2.24) is 4.72 Å². The first kappa shape index (κ1) is 17.2. The van der Waals surface area contributed by atoms with E-state index in [2.05, 4.69) is 4.72 Å². The van der Waals surface area contributed by atoms with Gasteiger partial charge in [0.05, 0.1) is 16.7 Å². The van der Waals surface area contributed by atoms with Gasteiger partial charge >= 0.3 is 5.97 Å². The van der Waals surface area contributed by atoms with Crippen LogP contribution in [0.2, 0.25) is 10.0 Å². The van der Waals surface area contributed by atoms with Crippen molar-refractivity contribution in [3.8, 4) is 0 Å². The fourth-order valence-corrected chi connectivity index (χ4v) is 3.32. The van der Waals surface area contributed by atoms with Crippen LogP contribution >= 0.6 is 23.2 Å². The quantitative estimate of drug-likeness (QED) is 0.825. The van der Waals surface area contributed by atoms with Gasteiger partial charge in [0.1, 0.15) is 4.90 Å². The molecule has 1 rings (SSSR count). The number of rotatable bonds is 6. The fourth-order valence-electron chi connectivity index (χ4n) is 1.30. The molecule has 0 bridgehead atoms. The Morgan fingerprint density at radius 1 is 1.45 bits per heavy atom. The van der Waals surface area contributed by atoms with E-state index >= 15 is 0 Å². The molecule has 0 fully saturated rings. The molecule has 0 saturated carbocycles. The van der Waals surface area contributed by atoms with Crippen LogP contribution in [0.4, 0.5) is 0 Å². The molecular formula is C11H13Cl2NO5S. The predicted molar refractivity (Wildman–Crippen MR) is 75.1 cm³/mol. The smallest absolute Gasteiger partial charge is 0.337 e. The third kappa shape index (κ3) is 4.07. The van der Waals surface area contributed by atoms with E-state index in [1.807, 2.05) is 0 Å². The Labute approximate surface area is 126 Å². The van der Waals surface area contributed by atoms with Gasteiger partial charge in [-0.15, -0.1) is 0 Å². The Balaban J connectivity index is 3.21.